The third kappa shape index (κ3) is 6.58. The van der Waals surface area contributed by atoms with Crippen molar-refractivity contribution < 1.29 is 14.3 Å². The third-order valence-electron chi connectivity index (χ3n) is 5.43. The number of piperidine rings is 1. The lowest BCUT2D eigenvalue weighted by atomic mass is 10.0. The van der Waals surface area contributed by atoms with Crippen molar-refractivity contribution >= 4 is 17.6 Å². The highest BCUT2D eigenvalue weighted by Gasteiger charge is 2.20. The SMILES string of the molecule is CC(NC(=O)Cc1ccc(C(=O)OC(C)(C)C)cc1)c1ccccc1N1CCCCC1. The van der Waals surface area contributed by atoms with E-state index in [1.165, 1.54) is 24.9 Å². The second kappa shape index (κ2) is 9.99. The number of nitrogens with zero attached hydrogens (tertiary/aromatic N) is 1. The molecule has 1 atom stereocenters. The van der Waals surface area contributed by atoms with Crippen LogP contribution in [0.3, 0.4) is 0 Å². The molecule has 1 heterocycles. The average molecular weight is 423 g/mol. The van der Waals surface area contributed by atoms with Crippen LogP contribution in [0, 0.1) is 0 Å². The summed E-state index contributed by atoms with van der Waals surface area (Å²) in [5, 5.41) is 3.14. The minimum absolute atomic E-state index is 0.0361. The van der Waals surface area contributed by atoms with Crippen LogP contribution in [0.15, 0.2) is 48.5 Å². The molecule has 1 aliphatic heterocycles. The zero-order chi connectivity index (χ0) is 22.4. The fourth-order valence-corrected chi connectivity index (χ4v) is 3.93. The van der Waals surface area contributed by atoms with Crippen LogP contribution in [0.5, 0.6) is 0 Å². The van der Waals surface area contributed by atoms with Gasteiger partial charge < -0.3 is 15.0 Å². The minimum Gasteiger partial charge on any atom is -0.456 e. The summed E-state index contributed by atoms with van der Waals surface area (Å²) in [5.74, 6) is -0.391. The quantitative estimate of drug-likeness (QED) is 0.662. The lowest BCUT2D eigenvalue weighted by molar-refractivity contribution is -0.121. The Labute approximate surface area is 185 Å². The number of carbonyl (C=O) groups is 2. The summed E-state index contributed by atoms with van der Waals surface area (Å²) in [6.45, 7) is 9.70. The van der Waals surface area contributed by atoms with Crippen LogP contribution in [0.25, 0.3) is 0 Å². The van der Waals surface area contributed by atoms with Crippen LogP contribution in [-0.4, -0.2) is 30.6 Å². The van der Waals surface area contributed by atoms with E-state index >= 15 is 0 Å². The van der Waals surface area contributed by atoms with Crippen molar-refractivity contribution in [2.75, 3.05) is 18.0 Å². The van der Waals surface area contributed by atoms with E-state index in [1.807, 2.05) is 45.9 Å². The smallest absolute Gasteiger partial charge is 0.338 e. The van der Waals surface area contributed by atoms with Gasteiger partial charge in [-0.1, -0.05) is 30.3 Å². The molecule has 0 radical (unpaired) electrons. The number of hydrogen-bond donors (Lipinski definition) is 1. The molecule has 5 heteroatoms. The summed E-state index contributed by atoms with van der Waals surface area (Å²) in [6, 6.07) is 15.3. The van der Waals surface area contributed by atoms with Gasteiger partial charge in [0, 0.05) is 18.8 Å². The highest BCUT2D eigenvalue weighted by molar-refractivity contribution is 5.90. The molecule has 0 spiro atoms. The van der Waals surface area contributed by atoms with Crippen molar-refractivity contribution in [3.05, 3.63) is 65.2 Å². The maximum Gasteiger partial charge on any atom is 0.338 e. The van der Waals surface area contributed by atoms with E-state index in [-0.39, 0.29) is 24.3 Å². The number of esters is 1. The highest BCUT2D eigenvalue weighted by Crippen LogP contribution is 2.28. The number of carbonyl (C=O) groups excluding carboxylic acids is 2. The van der Waals surface area contributed by atoms with E-state index in [2.05, 4.69) is 28.4 Å². The molecule has 1 N–H and O–H groups in total. The molecule has 5 nitrogen and oxygen atoms in total. The lowest BCUT2D eigenvalue weighted by Crippen LogP contribution is -2.33. The van der Waals surface area contributed by atoms with Crippen molar-refractivity contribution in [1.29, 1.82) is 0 Å². The second-order valence-electron chi connectivity index (χ2n) is 9.27. The van der Waals surface area contributed by atoms with Crippen molar-refractivity contribution in [2.45, 2.75) is 65.0 Å². The number of hydrogen-bond acceptors (Lipinski definition) is 4. The molecule has 3 rings (SSSR count). The van der Waals surface area contributed by atoms with E-state index in [1.54, 1.807) is 12.1 Å². The molecule has 166 valence electrons. The Morgan fingerprint density at radius 3 is 2.29 bits per heavy atom. The maximum atomic E-state index is 12.7. The summed E-state index contributed by atoms with van der Waals surface area (Å²) < 4.78 is 5.39. The molecular formula is C26H34N2O3. The molecule has 1 amide bonds. The Morgan fingerprint density at radius 1 is 1.00 bits per heavy atom. The van der Waals surface area contributed by atoms with E-state index < -0.39 is 5.60 Å². The van der Waals surface area contributed by atoms with Crippen LogP contribution in [0.1, 0.15) is 74.5 Å². The fourth-order valence-electron chi connectivity index (χ4n) is 3.93. The molecule has 31 heavy (non-hydrogen) atoms. The maximum absolute atomic E-state index is 12.7. The first-order valence-electron chi connectivity index (χ1n) is 11.2. The second-order valence-corrected chi connectivity index (χ2v) is 9.27. The topological polar surface area (TPSA) is 58.6 Å². The monoisotopic (exact) mass is 422 g/mol. The first-order valence-corrected chi connectivity index (χ1v) is 11.2. The Morgan fingerprint density at radius 2 is 1.65 bits per heavy atom. The summed E-state index contributed by atoms with van der Waals surface area (Å²) in [4.78, 5) is 27.3. The molecule has 1 unspecified atom stereocenters. The van der Waals surface area contributed by atoms with E-state index in [4.69, 9.17) is 4.74 Å². The highest BCUT2D eigenvalue weighted by atomic mass is 16.6. The molecule has 0 saturated carbocycles. The normalized spacial score (nSPS) is 15.3. The largest absolute Gasteiger partial charge is 0.456 e. The van der Waals surface area contributed by atoms with Crippen LogP contribution in [-0.2, 0) is 16.0 Å². The molecular weight excluding hydrogens is 388 g/mol. The molecule has 1 aliphatic rings. The van der Waals surface area contributed by atoms with E-state index in [0.29, 0.717) is 5.56 Å². The van der Waals surface area contributed by atoms with E-state index in [9.17, 15) is 9.59 Å². The van der Waals surface area contributed by atoms with Gasteiger partial charge in [-0.15, -0.1) is 0 Å². The Hall–Kier alpha value is -2.82. The summed E-state index contributed by atoms with van der Waals surface area (Å²) in [6.07, 6.45) is 3.99. The van der Waals surface area contributed by atoms with Crippen LogP contribution in [0.2, 0.25) is 0 Å². The van der Waals surface area contributed by atoms with Crippen molar-refractivity contribution in [2.24, 2.45) is 0 Å². The fraction of sp³-hybridized carbons (Fsp3) is 0.462. The standard InChI is InChI=1S/C26H34N2O3/c1-19(22-10-6-7-11-23(22)28-16-8-5-9-17-28)27-24(29)18-20-12-14-21(15-13-20)25(30)31-26(2,3)4/h6-7,10-15,19H,5,8-9,16-18H2,1-4H3,(H,27,29). The molecule has 2 aromatic rings. The predicted molar refractivity (Wildman–Crippen MR) is 124 cm³/mol. The van der Waals surface area contributed by atoms with Gasteiger partial charge in [-0.05, 0) is 76.3 Å². The van der Waals surface area contributed by atoms with Gasteiger partial charge in [0.1, 0.15) is 5.60 Å². The Balaban J connectivity index is 1.60. The minimum atomic E-state index is -0.531. The summed E-state index contributed by atoms with van der Waals surface area (Å²) >= 11 is 0. The Kier molecular flexibility index (Phi) is 7.37. The van der Waals surface area contributed by atoms with Gasteiger partial charge in [-0.2, -0.15) is 0 Å². The summed E-state index contributed by atoms with van der Waals surface area (Å²) in [7, 11) is 0. The number of ether oxygens (including phenoxy) is 1. The molecule has 1 saturated heterocycles. The van der Waals surface area contributed by atoms with Gasteiger partial charge in [0.25, 0.3) is 0 Å². The Bertz CT molecular complexity index is 894. The predicted octanol–water partition coefficient (Wildman–Crippen LogP) is 5.05. The zero-order valence-electron chi connectivity index (χ0n) is 19.1. The summed E-state index contributed by atoms with van der Waals surface area (Å²) in [5.41, 5.74) is 3.19. The van der Waals surface area contributed by atoms with Gasteiger partial charge >= 0.3 is 5.97 Å². The molecule has 0 aliphatic carbocycles. The number of amides is 1. The van der Waals surface area contributed by atoms with Gasteiger partial charge in [0.15, 0.2) is 0 Å². The van der Waals surface area contributed by atoms with Crippen molar-refractivity contribution in [1.82, 2.24) is 5.32 Å². The molecule has 2 aromatic carbocycles. The van der Waals surface area contributed by atoms with Crippen LogP contribution >= 0.6 is 0 Å². The van der Waals surface area contributed by atoms with Gasteiger partial charge in [0.05, 0.1) is 18.0 Å². The number of nitrogens with one attached hydrogen (secondary N) is 1. The number of para-hydroxylation sites is 1. The number of rotatable bonds is 6. The van der Waals surface area contributed by atoms with Gasteiger partial charge in [0.2, 0.25) is 5.91 Å². The van der Waals surface area contributed by atoms with Crippen LogP contribution < -0.4 is 10.2 Å². The molecule has 0 aromatic heterocycles. The molecule has 0 bridgehead atoms. The van der Waals surface area contributed by atoms with Crippen molar-refractivity contribution in [3.8, 4) is 0 Å². The van der Waals surface area contributed by atoms with E-state index in [0.717, 1.165) is 24.2 Å². The zero-order valence-corrected chi connectivity index (χ0v) is 19.1. The average Bonchev–Trinajstić information content (AvgIpc) is 2.73. The number of benzene rings is 2. The lowest BCUT2D eigenvalue weighted by Gasteiger charge is -2.32. The van der Waals surface area contributed by atoms with Crippen molar-refractivity contribution in [3.63, 3.8) is 0 Å². The third-order valence-corrected chi connectivity index (χ3v) is 5.43. The van der Waals surface area contributed by atoms with Crippen LogP contribution in [0.4, 0.5) is 5.69 Å². The van der Waals surface area contributed by atoms with Gasteiger partial charge in [-0.25, -0.2) is 4.79 Å². The van der Waals surface area contributed by atoms with Gasteiger partial charge in [-0.3, -0.25) is 4.79 Å². The first kappa shape index (κ1) is 22.9. The first-order chi connectivity index (χ1) is 14.7. The number of anilines is 1. The molecule has 1 fully saturated rings.